The van der Waals surface area contributed by atoms with E-state index in [-0.39, 0.29) is 11.9 Å². The Bertz CT molecular complexity index is 401. The first-order chi connectivity index (χ1) is 8.66. The summed E-state index contributed by atoms with van der Waals surface area (Å²) < 4.78 is 5.15. The summed E-state index contributed by atoms with van der Waals surface area (Å²) >= 11 is 0. The van der Waals surface area contributed by atoms with Crippen molar-refractivity contribution in [3.63, 3.8) is 0 Å². The minimum atomic E-state index is 0.0505. The molecule has 18 heavy (non-hydrogen) atoms. The standard InChI is InChI=1S/C14H20N2O2/c1-11(15)12-6-8-16(9-7-12)14(17)5-4-13-3-2-10-18-13/h2-5,10-12H,6-9,15H2,1H3. The van der Waals surface area contributed by atoms with Gasteiger partial charge in [0.2, 0.25) is 5.91 Å². The van der Waals surface area contributed by atoms with Gasteiger partial charge in [-0.3, -0.25) is 4.79 Å². The van der Waals surface area contributed by atoms with Crippen LogP contribution in [0.1, 0.15) is 25.5 Å². The van der Waals surface area contributed by atoms with Gasteiger partial charge < -0.3 is 15.1 Å². The third-order valence-corrected chi connectivity index (χ3v) is 3.53. The normalized spacial score (nSPS) is 19.3. The highest BCUT2D eigenvalue weighted by Gasteiger charge is 2.23. The zero-order valence-corrected chi connectivity index (χ0v) is 10.7. The first-order valence-corrected chi connectivity index (χ1v) is 6.43. The Morgan fingerprint density at radius 1 is 1.56 bits per heavy atom. The van der Waals surface area contributed by atoms with E-state index in [1.807, 2.05) is 17.9 Å². The summed E-state index contributed by atoms with van der Waals surface area (Å²) in [4.78, 5) is 13.8. The SMILES string of the molecule is CC(N)C1CCN(C(=O)C=Cc2ccco2)CC1. The molecule has 2 N–H and O–H groups in total. The molecule has 4 heteroatoms. The van der Waals surface area contributed by atoms with Crippen LogP contribution >= 0.6 is 0 Å². The van der Waals surface area contributed by atoms with Gasteiger partial charge in [-0.15, -0.1) is 0 Å². The van der Waals surface area contributed by atoms with Crippen LogP contribution in [0.15, 0.2) is 28.9 Å². The van der Waals surface area contributed by atoms with E-state index >= 15 is 0 Å². The number of hydrogen-bond donors (Lipinski definition) is 1. The Hall–Kier alpha value is -1.55. The molecule has 0 bridgehead atoms. The molecule has 1 aromatic heterocycles. The number of rotatable bonds is 3. The summed E-state index contributed by atoms with van der Waals surface area (Å²) in [5.41, 5.74) is 5.88. The predicted octanol–water partition coefficient (Wildman–Crippen LogP) is 1.88. The number of likely N-dealkylation sites (tertiary alicyclic amines) is 1. The zero-order valence-electron chi connectivity index (χ0n) is 10.7. The second kappa shape index (κ2) is 5.87. The lowest BCUT2D eigenvalue weighted by molar-refractivity contribution is -0.127. The summed E-state index contributed by atoms with van der Waals surface area (Å²) in [7, 11) is 0. The second-order valence-corrected chi connectivity index (χ2v) is 4.87. The summed E-state index contributed by atoms with van der Waals surface area (Å²) in [5.74, 6) is 1.30. The topological polar surface area (TPSA) is 59.5 Å². The Morgan fingerprint density at radius 2 is 2.28 bits per heavy atom. The maximum atomic E-state index is 11.9. The molecule has 1 aliphatic heterocycles. The van der Waals surface area contributed by atoms with Crippen LogP contribution < -0.4 is 5.73 Å². The third kappa shape index (κ3) is 3.23. The fourth-order valence-corrected chi connectivity index (χ4v) is 2.29. The fourth-order valence-electron chi connectivity index (χ4n) is 2.29. The fraction of sp³-hybridized carbons (Fsp3) is 0.500. The number of nitrogens with two attached hydrogens (primary N) is 1. The van der Waals surface area contributed by atoms with Crippen LogP contribution in [0, 0.1) is 5.92 Å². The van der Waals surface area contributed by atoms with Crippen LogP contribution in [0.25, 0.3) is 6.08 Å². The molecule has 1 saturated heterocycles. The molecule has 1 aliphatic rings. The van der Waals surface area contributed by atoms with E-state index in [1.165, 1.54) is 0 Å². The number of amides is 1. The van der Waals surface area contributed by atoms with Crippen molar-refractivity contribution in [1.82, 2.24) is 4.90 Å². The van der Waals surface area contributed by atoms with Gasteiger partial charge in [-0.25, -0.2) is 0 Å². The molecule has 0 radical (unpaired) electrons. The van der Waals surface area contributed by atoms with Gasteiger partial charge in [0.15, 0.2) is 0 Å². The molecule has 1 fully saturated rings. The van der Waals surface area contributed by atoms with E-state index in [0.29, 0.717) is 11.7 Å². The molecular formula is C14H20N2O2. The van der Waals surface area contributed by atoms with Crippen molar-refractivity contribution in [3.05, 3.63) is 30.2 Å². The molecule has 0 aliphatic carbocycles. The number of piperidine rings is 1. The van der Waals surface area contributed by atoms with Crippen LogP contribution in [0.2, 0.25) is 0 Å². The number of furan rings is 1. The largest absolute Gasteiger partial charge is 0.465 e. The van der Waals surface area contributed by atoms with E-state index in [2.05, 4.69) is 0 Å². The summed E-state index contributed by atoms with van der Waals surface area (Å²) in [6, 6.07) is 3.85. The van der Waals surface area contributed by atoms with Gasteiger partial charge in [0.05, 0.1) is 6.26 Å². The Labute approximate surface area is 107 Å². The molecule has 2 heterocycles. The van der Waals surface area contributed by atoms with Crippen molar-refractivity contribution < 1.29 is 9.21 Å². The highest BCUT2D eigenvalue weighted by Crippen LogP contribution is 2.19. The highest BCUT2D eigenvalue weighted by molar-refractivity contribution is 5.91. The van der Waals surface area contributed by atoms with Crippen molar-refractivity contribution >= 4 is 12.0 Å². The van der Waals surface area contributed by atoms with Crippen LogP contribution in [0.3, 0.4) is 0 Å². The van der Waals surface area contributed by atoms with Crippen LogP contribution in [-0.2, 0) is 4.79 Å². The molecular weight excluding hydrogens is 228 g/mol. The highest BCUT2D eigenvalue weighted by atomic mass is 16.3. The van der Waals surface area contributed by atoms with Crippen molar-refractivity contribution in [2.24, 2.45) is 11.7 Å². The van der Waals surface area contributed by atoms with Gasteiger partial charge in [0.1, 0.15) is 5.76 Å². The summed E-state index contributed by atoms with van der Waals surface area (Å²) in [5, 5.41) is 0. The molecule has 0 saturated carbocycles. The van der Waals surface area contributed by atoms with Crippen LogP contribution in [0.5, 0.6) is 0 Å². The van der Waals surface area contributed by atoms with Crippen molar-refractivity contribution in [2.75, 3.05) is 13.1 Å². The molecule has 1 unspecified atom stereocenters. The monoisotopic (exact) mass is 248 g/mol. The molecule has 1 aromatic rings. The van der Waals surface area contributed by atoms with Gasteiger partial charge in [-0.05, 0) is 43.9 Å². The van der Waals surface area contributed by atoms with E-state index in [1.54, 1.807) is 24.5 Å². The lowest BCUT2D eigenvalue weighted by Crippen LogP contribution is -2.41. The quantitative estimate of drug-likeness (QED) is 0.831. The van der Waals surface area contributed by atoms with Gasteiger partial charge >= 0.3 is 0 Å². The average molecular weight is 248 g/mol. The maximum Gasteiger partial charge on any atom is 0.246 e. The number of carbonyl (C=O) groups excluding carboxylic acids is 1. The van der Waals surface area contributed by atoms with E-state index in [0.717, 1.165) is 25.9 Å². The summed E-state index contributed by atoms with van der Waals surface area (Å²) in [6.45, 7) is 3.64. The second-order valence-electron chi connectivity index (χ2n) is 4.87. The maximum absolute atomic E-state index is 11.9. The molecule has 98 valence electrons. The van der Waals surface area contributed by atoms with Gasteiger partial charge in [0.25, 0.3) is 0 Å². The first-order valence-electron chi connectivity index (χ1n) is 6.43. The molecule has 1 amide bonds. The Kier molecular flexibility index (Phi) is 4.20. The van der Waals surface area contributed by atoms with Gasteiger partial charge in [0, 0.05) is 25.2 Å². The van der Waals surface area contributed by atoms with E-state index < -0.39 is 0 Å². The molecule has 1 atom stereocenters. The third-order valence-electron chi connectivity index (χ3n) is 3.53. The van der Waals surface area contributed by atoms with Gasteiger partial charge in [-0.2, -0.15) is 0 Å². The van der Waals surface area contributed by atoms with Crippen LogP contribution in [-0.4, -0.2) is 29.9 Å². The Morgan fingerprint density at radius 3 is 2.83 bits per heavy atom. The Balaban J connectivity index is 1.84. The minimum absolute atomic E-state index is 0.0505. The zero-order chi connectivity index (χ0) is 13.0. The van der Waals surface area contributed by atoms with E-state index in [4.69, 9.17) is 10.2 Å². The van der Waals surface area contributed by atoms with Crippen molar-refractivity contribution in [3.8, 4) is 0 Å². The lowest BCUT2D eigenvalue weighted by atomic mass is 9.91. The number of hydrogen-bond acceptors (Lipinski definition) is 3. The smallest absolute Gasteiger partial charge is 0.246 e. The molecule has 2 rings (SSSR count). The number of carbonyl (C=O) groups is 1. The van der Waals surface area contributed by atoms with Gasteiger partial charge in [-0.1, -0.05) is 0 Å². The molecule has 0 aromatic carbocycles. The predicted molar refractivity (Wildman–Crippen MR) is 70.7 cm³/mol. The first kappa shape index (κ1) is 12.9. The van der Waals surface area contributed by atoms with Crippen LogP contribution in [0.4, 0.5) is 0 Å². The van der Waals surface area contributed by atoms with Crippen molar-refractivity contribution in [2.45, 2.75) is 25.8 Å². The number of nitrogens with zero attached hydrogens (tertiary/aromatic N) is 1. The average Bonchev–Trinajstić information content (AvgIpc) is 2.89. The lowest BCUT2D eigenvalue weighted by Gasteiger charge is -2.33. The van der Waals surface area contributed by atoms with Crippen molar-refractivity contribution in [1.29, 1.82) is 0 Å². The molecule has 0 spiro atoms. The molecule has 4 nitrogen and oxygen atoms in total. The minimum Gasteiger partial charge on any atom is -0.465 e. The van der Waals surface area contributed by atoms with E-state index in [9.17, 15) is 4.79 Å². The summed E-state index contributed by atoms with van der Waals surface area (Å²) in [6.07, 6.45) is 6.87.